The number of rotatable bonds is 0. The first kappa shape index (κ1) is 17.2. The molecule has 0 bridgehead atoms. The van der Waals surface area contributed by atoms with E-state index in [1.165, 1.54) is 0 Å². The van der Waals surface area contributed by atoms with E-state index in [9.17, 15) is 0 Å². The molecule has 0 atom stereocenters. The third-order valence-electron chi connectivity index (χ3n) is 0. The fourth-order valence-electron chi connectivity index (χ4n) is 0. The van der Waals surface area contributed by atoms with Crippen LogP contribution in [-0.2, 0) is 17.1 Å². The Morgan fingerprint density at radius 3 is 1.67 bits per heavy atom. The van der Waals surface area contributed by atoms with Crippen LogP contribution in [0.4, 0.5) is 4.79 Å². The minimum atomic E-state index is -2.08. The maximum Gasteiger partial charge on any atom is 0.249 e. The number of hydrogen-bond acceptors (Lipinski definition) is 2. The fourth-order valence-corrected chi connectivity index (χ4v) is 0. The molecular formula is CH5CuNO3. The van der Waals surface area contributed by atoms with Gasteiger partial charge in [-0.15, -0.1) is 0 Å². The fraction of sp³-hybridized carbons (Fsp3) is 0. The predicted molar refractivity (Wildman–Crippen MR) is 14.0 cm³/mol. The Morgan fingerprint density at radius 1 is 1.67 bits per heavy atom. The van der Waals surface area contributed by atoms with Crippen molar-refractivity contribution in [3.8, 4) is 0 Å². The Balaban J connectivity index is -0.0000000450. The molecule has 4 nitrogen and oxygen atoms in total. The summed E-state index contributed by atoms with van der Waals surface area (Å²) in [5.74, 6) is 0. The van der Waals surface area contributed by atoms with Gasteiger partial charge in [0.05, 0.1) is 0 Å². The van der Waals surface area contributed by atoms with Gasteiger partial charge < -0.3 is 21.2 Å². The zero-order valence-electron chi connectivity index (χ0n) is 3.07. The van der Waals surface area contributed by atoms with Gasteiger partial charge in [-0.25, -0.2) is 0 Å². The molecule has 43 valence electrons. The van der Waals surface area contributed by atoms with Gasteiger partial charge in [-0.1, -0.05) is 0 Å². The molecular weight excluding hydrogens is 138 g/mol. The molecule has 0 aliphatic rings. The molecule has 0 amide bonds. The van der Waals surface area contributed by atoms with Gasteiger partial charge in [-0.2, -0.15) is 0 Å². The van der Waals surface area contributed by atoms with Crippen molar-refractivity contribution in [2.75, 3.05) is 0 Å². The summed E-state index contributed by atoms with van der Waals surface area (Å²) in [5.41, 5.74) is 0. The normalized spacial score (nSPS) is 4.00. The molecule has 5 N–H and O–H groups in total. The SMILES string of the molecule is O=C([O-])O.[Cu].[NH4+]. The van der Waals surface area contributed by atoms with Crippen LogP contribution in [0.5, 0.6) is 0 Å². The average Bonchev–Trinajstić information content (AvgIpc) is 0.811. The molecule has 0 saturated heterocycles. The van der Waals surface area contributed by atoms with Crippen molar-refractivity contribution in [3.05, 3.63) is 0 Å². The molecule has 0 unspecified atom stereocenters. The van der Waals surface area contributed by atoms with Crippen LogP contribution in [0.3, 0.4) is 0 Å². The van der Waals surface area contributed by atoms with Gasteiger partial charge >= 0.3 is 0 Å². The van der Waals surface area contributed by atoms with Gasteiger partial charge in [0.2, 0.25) is 6.16 Å². The Kier molecular flexibility index (Phi) is 25.3. The van der Waals surface area contributed by atoms with E-state index < -0.39 is 6.16 Å². The molecule has 1 radical (unpaired) electrons. The number of carboxylic acid groups (broad SMARTS) is 2. The van der Waals surface area contributed by atoms with Crippen LogP contribution in [0.2, 0.25) is 0 Å². The van der Waals surface area contributed by atoms with E-state index >= 15 is 0 Å². The monoisotopic (exact) mass is 142 g/mol. The Hall–Kier alpha value is -0.251. The minimum Gasteiger partial charge on any atom is -0.565 e. The summed E-state index contributed by atoms with van der Waals surface area (Å²) in [5, 5.41) is 15.3. The first-order valence-corrected chi connectivity index (χ1v) is 0.632. The van der Waals surface area contributed by atoms with Crippen LogP contribution in [0.1, 0.15) is 0 Å². The summed E-state index contributed by atoms with van der Waals surface area (Å²) in [6.07, 6.45) is -2.08. The first-order valence-electron chi connectivity index (χ1n) is 0.632. The second-order valence-corrected chi connectivity index (χ2v) is 0.266. The van der Waals surface area contributed by atoms with Gasteiger partial charge in [0, 0.05) is 17.1 Å². The van der Waals surface area contributed by atoms with E-state index in [1.807, 2.05) is 0 Å². The molecule has 0 saturated carbocycles. The van der Waals surface area contributed by atoms with E-state index in [0.29, 0.717) is 0 Å². The average molecular weight is 143 g/mol. The topological polar surface area (TPSA) is 96.9 Å². The van der Waals surface area contributed by atoms with Crippen molar-refractivity contribution in [3.63, 3.8) is 0 Å². The Morgan fingerprint density at radius 2 is 1.67 bits per heavy atom. The van der Waals surface area contributed by atoms with Crippen molar-refractivity contribution < 1.29 is 32.1 Å². The van der Waals surface area contributed by atoms with Crippen LogP contribution in [0, 0.1) is 0 Å². The zero-order chi connectivity index (χ0) is 3.58. The summed E-state index contributed by atoms with van der Waals surface area (Å²) in [7, 11) is 0. The van der Waals surface area contributed by atoms with E-state index in [-0.39, 0.29) is 23.2 Å². The van der Waals surface area contributed by atoms with Crippen LogP contribution < -0.4 is 11.3 Å². The van der Waals surface area contributed by atoms with Gasteiger partial charge in [0.25, 0.3) is 0 Å². The largest absolute Gasteiger partial charge is 0.565 e. The third kappa shape index (κ3) is 452. The standard InChI is InChI=1S/CH2O3.Cu.H3N/c2-1(3)4;;/h(H2,2,3,4);;1H3. The quantitative estimate of drug-likeness (QED) is 0.436. The van der Waals surface area contributed by atoms with Crippen molar-refractivity contribution in [2.45, 2.75) is 0 Å². The molecule has 0 heterocycles. The van der Waals surface area contributed by atoms with E-state index in [2.05, 4.69) is 0 Å². The molecule has 5 heteroatoms. The molecule has 0 fully saturated rings. The summed E-state index contributed by atoms with van der Waals surface area (Å²) in [4.78, 5) is 8.44. The van der Waals surface area contributed by atoms with Crippen molar-refractivity contribution in [1.82, 2.24) is 6.15 Å². The molecule has 0 aromatic carbocycles. The van der Waals surface area contributed by atoms with Crippen LogP contribution in [0.15, 0.2) is 0 Å². The van der Waals surface area contributed by atoms with E-state index in [1.54, 1.807) is 0 Å². The van der Waals surface area contributed by atoms with Crippen LogP contribution >= 0.6 is 0 Å². The molecule has 0 rings (SSSR count). The van der Waals surface area contributed by atoms with E-state index in [0.717, 1.165) is 0 Å². The smallest absolute Gasteiger partial charge is 0.249 e. The second-order valence-electron chi connectivity index (χ2n) is 0.266. The molecule has 0 aromatic rings. The predicted octanol–water partition coefficient (Wildman–Crippen LogP) is -0.739. The van der Waals surface area contributed by atoms with Crippen molar-refractivity contribution in [2.24, 2.45) is 0 Å². The summed E-state index contributed by atoms with van der Waals surface area (Å²) < 4.78 is 0. The molecule has 0 spiro atoms. The Labute approximate surface area is 45.2 Å². The third-order valence-corrected chi connectivity index (χ3v) is 0. The summed E-state index contributed by atoms with van der Waals surface area (Å²) in [6.45, 7) is 0. The molecule has 0 aliphatic carbocycles. The van der Waals surface area contributed by atoms with Crippen LogP contribution in [0.25, 0.3) is 0 Å². The van der Waals surface area contributed by atoms with Gasteiger partial charge in [0.1, 0.15) is 0 Å². The number of carbonyl (C=O) groups is 1. The second kappa shape index (κ2) is 8.83. The van der Waals surface area contributed by atoms with E-state index in [4.69, 9.17) is 15.0 Å². The van der Waals surface area contributed by atoms with Gasteiger partial charge in [0.15, 0.2) is 0 Å². The summed E-state index contributed by atoms with van der Waals surface area (Å²) in [6, 6.07) is 0. The van der Waals surface area contributed by atoms with Crippen molar-refractivity contribution >= 4 is 6.16 Å². The first-order chi connectivity index (χ1) is 1.73. The zero-order valence-corrected chi connectivity index (χ0v) is 4.01. The maximum absolute atomic E-state index is 8.44. The molecule has 0 aromatic heterocycles. The maximum atomic E-state index is 8.44. The number of quaternary nitrogens is 1. The minimum absolute atomic E-state index is 0. The van der Waals surface area contributed by atoms with Crippen molar-refractivity contribution in [1.29, 1.82) is 0 Å². The van der Waals surface area contributed by atoms with Gasteiger partial charge in [-0.05, 0) is 0 Å². The summed E-state index contributed by atoms with van der Waals surface area (Å²) >= 11 is 0. The van der Waals surface area contributed by atoms with Gasteiger partial charge in [-0.3, -0.25) is 0 Å². The molecule has 0 aliphatic heterocycles. The molecule has 6 heavy (non-hydrogen) atoms. The number of hydrogen-bond donors (Lipinski definition) is 2. The van der Waals surface area contributed by atoms with Crippen LogP contribution in [-0.4, -0.2) is 11.3 Å². The Bertz CT molecular complexity index is 33.8.